The van der Waals surface area contributed by atoms with Crippen molar-refractivity contribution in [2.24, 2.45) is 4.99 Å². The lowest BCUT2D eigenvalue weighted by Gasteiger charge is -2.10. The molecule has 0 N–H and O–H groups in total. The number of hydrogen-bond donors (Lipinski definition) is 0. The van der Waals surface area contributed by atoms with Crippen molar-refractivity contribution < 1.29 is 4.79 Å². The smallest absolute Gasteiger partial charge is 0.204 e. The SMILES string of the molecule is CC1=C2C(=Cc3ccccc32)C(=O)C=N1. The lowest BCUT2D eigenvalue weighted by molar-refractivity contribution is -0.109. The summed E-state index contributed by atoms with van der Waals surface area (Å²) in [6.07, 6.45) is 3.35. The van der Waals surface area contributed by atoms with Gasteiger partial charge in [-0.05, 0) is 24.1 Å². The normalized spacial score (nSPS) is 17.7. The molecule has 2 nitrogen and oxygen atoms in total. The van der Waals surface area contributed by atoms with Gasteiger partial charge in [0.05, 0.1) is 6.21 Å². The molecule has 0 unspecified atom stereocenters. The lowest BCUT2D eigenvalue weighted by Crippen LogP contribution is -2.08. The van der Waals surface area contributed by atoms with Gasteiger partial charge in [0.15, 0.2) is 0 Å². The van der Waals surface area contributed by atoms with Gasteiger partial charge >= 0.3 is 0 Å². The molecule has 15 heavy (non-hydrogen) atoms. The van der Waals surface area contributed by atoms with Crippen molar-refractivity contribution >= 4 is 23.6 Å². The average molecular weight is 195 g/mol. The first kappa shape index (κ1) is 8.36. The van der Waals surface area contributed by atoms with Gasteiger partial charge in [-0.2, -0.15) is 0 Å². The summed E-state index contributed by atoms with van der Waals surface area (Å²) in [6, 6.07) is 8.02. The summed E-state index contributed by atoms with van der Waals surface area (Å²) in [5.41, 5.74) is 4.93. The van der Waals surface area contributed by atoms with Gasteiger partial charge in [-0.15, -0.1) is 0 Å². The number of ketones is 1. The van der Waals surface area contributed by atoms with E-state index in [2.05, 4.69) is 4.99 Å². The third-order valence-corrected chi connectivity index (χ3v) is 2.80. The Bertz CT molecular complexity index is 562. The van der Waals surface area contributed by atoms with Crippen LogP contribution in [-0.4, -0.2) is 12.0 Å². The summed E-state index contributed by atoms with van der Waals surface area (Å²) in [5, 5.41) is 0. The van der Waals surface area contributed by atoms with Crippen LogP contribution in [-0.2, 0) is 4.79 Å². The van der Waals surface area contributed by atoms with Gasteiger partial charge in [-0.1, -0.05) is 24.3 Å². The summed E-state index contributed by atoms with van der Waals surface area (Å²) in [4.78, 5) is 15.8. The number of allylic oxidation sites excluding steroid dienone is 3. The number of hydrogen-bond acceptors (Lipinski definition) is 2. The van der Waals surface area contributed by atoms with Gasteiger partial charge in [0.25, 0.3) is 0 Å². The molecule has 0 bridgehead atoms. The van der Waals surface area contributed by atoms with Gasteiger partial charge in [0, 0.05) is 16.8 Å². The monoisotopic (exact) mass is 195 g/mol. The Labute approximate surface area is 87.7 Å². The molecule has 72 valence electrons. The molecule has 2 aliphatic rings. The molecule has 1 aromatic carbocycles. The quantitative estimate of drug-likeness (QED) is 0.625. The van der Waals surface area contributed by atoms with Gasteiger partial charge in [-0.3, -0.25) is 9.79 Å². The lowest BCUT2D eigenvalue weighted by atomic mass is 9.97. The highest BCUT2D eigenvalue weighted by molar-refractivity contribution is 6.43. The topological polar surface area (TPSA) is 29.4 Å². The predicted molar refractivity (Wildman–Crippen MR) is 60.5 cm³/mol. The van der Waals surface area contributed by atoms with E-state index in [1.54, 1.807) is 0 Å². The molecule has 2 heteroatoms. The largest absolute Gasteiger partial charge is 0.288 e. The highest BCUT2D eigenvalue weighted by atomic mass is 16.1. The second-order valence-corrected chi connectivity index (χ2v) is 3.73. The minimum absolute atomic E-state index is 0.00630. The second kappa shape index (κ2) is 2.76. The number of fused-ring (bicyclic) bond motifs is 3. The van der Waals surface area contributed by atoms with Crippen LogP contribution in [0.2, 0.25) is 0 Å². The number of carbonyl (C=O) groups excluding carboxylic acids is 1. The summed E-state index contributed by atoms with van der Waals surface area (Å²) in [5.74, 6) is 0.00630. The van der Waals surface area contributed by atoms with Gasteiger partial charge in [0.1, 0.15) is 0 Å². The fourth-order valence-electron chi connectivity index (χ4n) is 2.10. The number of rotatable bonds is 0. The highest BCUT2D eigenvalue weighted by Crippen LogP contribution is 2.39. The molecule has 0 fully saturated rings. The van der Waals surface area contributed by atoms with Crippen LogP contribution >= 0.6 is 0 Å². The Kier molecular flexibility index (Phi) is 1.54. The minimum Gasteiger partial charge on any atom is -0.288 e. The second-order valence-electron chi connectivity index (χ2n) is 3.73. The Morgan fingerprint density at radius 2 is 2.00 bits per heavy atom. The Morgan fingerprint density at radius 1 is 1.20 bits per heavy atom. The van der Waals surface area contributed by atoms with Gasteiger partial charge < -0.3 is 0 Å². The van der Waals surface area contributed by atoms with Crippen molar-refractivity contribution in [3.05, 3.63) is 46.7 Å². The van der Waals surface area contributed by atoms with Crippen molar-refractivity contribution in [2.45, 2.75) is 6.92 Å². The summed E-state index contributed by atoms with van der Waals surface area (Å²) >= 11 is 0. The predicted octanol–water partition coefficient (Wildman–Crippen LogP) is 2.47. The zero-order valence-corrected chi connectivity index (χ0v) is 8.32. The van der Waals surface area contributed by atoms with Crippen molar-refractivity contribution in [1.82, 2.24) is 0 Å². The molecule has 1 heterocycles. The van der Waals surface area contributed by atoms with Crippen molar-refractivity contribution in [2.75, 3.05) is 0 Å². The Balaban J connectivity index is 2.34. The van der Waals surface area contributed by atoms with E-state index in [4.69, 9.17) is 0 Å². The van der Waals surface area contributed by atoms with Crippen LogP contribution < -0.4 is 0 Å². The molecule has 0 radical (unpaired) electrons. The van der Waals surface area contributed by atoms with Gasteiger partial charge in [0.2, 0.25) is 5.78 Å². The van der Waals surface area contributed by atoms with Crippen LogP contribution in [0.15, 0.2) is 40.5 Å². The molecule has 3 rings (SSSR count). The third-order valence-electron chi connectivity index (χ3n) is 2.80. The zero-order valence-electron chi connectivity index (χ0n) is 8.32. The van der Waals surface area contributed by atoms with E-state index in [9.17, 15) is 4.79 Å². The van der Waals surface area contributed by atoms with Crippen molar-refractivity contribution in [1.29, 1.82) is 0 Å². The summed E-state index contributed by atoms with van der Waals surface area (Å²) in [7, 11) is 0. The molecule has 0 aromatic heterocycles. The molecule has 1 aliphatic heterocycles. The maximum Gasteiger partial charge on any atom is 0.204 e. The first-order valence-corrected chi connectivity index (χ1v) is 4.88. The number of carbonyl (C=O) groups is 1. The number of aliphatic imine (C=N–C) groups is 1. The minimum atomic E-state index is 0.00630. The highest BCUT2D eigenvalue weighted by Gasteiger charge is 2.26. The van der Waals surface area contributed by atoms with E-state index < -0.39 is 0 Å². The van der Waals surface area contributed by atoms with Crippen LogP contribution in [0.25, 0.3) is 11.6 Å². The van der Waals surface area contributed by atoms with E-state index in [-0.39, 0.29) is 5.78 Å². The van der Waals surface area contributed by atoms with E-state index in [1.807, 2.05) is 37.3 Å². The fourth-order valence-corrected chi connectivity index (χ4v) is 2.10. The first-order chi connectivity index (χ1) is 7.27. The maximum absolute atomic E-state index is 11.6. The number of nitrogens with zero attached hydrogens (tertiary/aromatic N) is 1. The average Bonchev–Trinajstić information content (AvgIpc) is 2.64. The van der Waals surface area contributed by atoms with Gasteiger partial charge in [-0.25, -0.2) is 0 Å². The summed E-state index contributed by atoms with van der Waals surface area (Å²) < 4.78 is 0. The fraction of sp³-hybridized carbons (Fsp3) is 0.0769. The third kappa shape index (κ3) is 1.05. The standard InChI is InChI=1S/C13H9NO/c1-8-13-10-5-3-2-4-9(10)6-11(13)12(15)7-14-8/h2-7H,1H3. The molecule has 1 aliphatic carbocycles. The molecular formula is C13H9NO. The molecule has 0 spiro atoms. The van der Waals surface area contributed by atoms with Crippen LogP contribution in [0.4, 0.5) is 0 Å². The first-order valence-electron chi connectivity index (χ1n) is 4.88. The number of Topliss-reactive ketones (excluding diaryl/α,β-unsaturated/α-hetero) is 1. The van der Waals surface area contributed by atoms with Crippen LogP contribution in [0, 0.1) is 0 Å². The Hall–Kier alpha value is -1.96. The molecule has 1 aromatic rings. The number of benzene rings is 1. The molecule has 0 saturated carbocycles. The molecule has 0 amide bonds. The molecule has 0 saturated heterocycles. The summed E-state index contributed by atoms with van der Waals surface area (Å²) in [6.45, 7) is 1.94. The van der Waals surface area contributed by atoms with Crippen molar-refractivity contribution in [3.8, 4) is 0 Å². The van der Waals surface area contributed by atoms with E-state index in [1.165, 1.54) is 6.21 Å². The van der Waals surface area contributed by atoms with Crippen LogP contribution in [0.5, 0.6) is 0 Å². The van der Waals surface area contributed by atoms with E-state index in [0.717, 1.165) is 28.0 Å². The van der Waals surface area contributed by atoms with E-state index >= 15 is 0 Å². The maximum atomic E-state index is 11.6. The van der Waals surface area contributed by atoms with Crippen LogP contribution in [0.1, 0.15) is 18.1 Å². The zero-order chi connectivity index (χ0) is 10.4. The van der Waals surface area contributed by atoms with Crippen molar-refractivity contribution in [3.63, 3.8) is 0 Å². The Morgan fingerprint density at radius 3 is 2.87 bits per heavy atom. The van der Waals surface area contributed by atoms with Crippen LogP contribution in [0.3, 0.4) is 0 Å². The molecular weight excluding hydrogens is 186 g/mol. The van der Waals surface area contributed by atoms with E-state index in [0.29, 0.717) is 0 Å². The molecule has 0 atom stereocenters.